The van der Waals surface area contributed by atoms with Gasteiger partial charge < -0.3 is 20.3 Å². The number of morpholine rings is 1. The van der Waals surface area contributed by atoms with Gasteiger partial charge in [-0.15, -0.1) is 0 Å². The van der Waals surface area contributed by atoms with E-state index >= 15 is 0 Å². The van der Waals surface area contributed by atoms with Crippen molar-refractivity contribution < 1.29 is 9.53 Å². The first-order valence-electron chi connectivity index (χ1n) is 10.2. The largest absolute Gasteiger partial charge is 0.379 e. The molecule has 1 amide bonds. The Kier molecular flexibility index (Phi) is 7.62. The van der Waals surface area contributed by atoms with Crippen molar-refractivity contribution in [3.63, 3.8) is 0 Å². The summed E-state index contributed by atoms with van der Waals surface area (Å²) in [5.41, 5.74) is 1.07. The van der Waals surface area contributed by atoms with E-state index in [4.69, 9.17) is 4.74 Å². The molecule has 1 aromatic rings. The highest BCUT2D eigenvalue weighted by Crippen LogP contribution is 2.17. The Morgan fingerprint density at radius 1 is 1.32 bits per heavy atom. The number of hydrogen-bond acceptors (Lipinski definition) is 5. The molecule has 8 heteroatoms. The number of ether oxygens (including phenoxy) is 1. The van der Waals surface area contributed by atoms with Crippen LogP contribution >= 0.6 is 0 Å². The van der Waals surface area contributed by atoms with Gasteiger partial charge in [-0.1, -0.05) is 6.07 Å². The highest BCUT2D eigenvalue weighted by Gasteiger charge is 2.30. The maximum atomic E-state index is 12.1. The zero-order chi connectivity index (χ0) is 19.8. The van der Waals surface area contributed by atoms with Crippen molar-refractivity contribution >= 4 is 17.7 Å². The molecule has 2 aliphatic heterocycles. The smallest absolute Gasteiger partial charge is 0.227 e. The van der Waals surface area contributed by atoms with Crippen molar-refractivity contribution in [3.05, 3.63) is 23.9 Å². The standard InChI is InChI=1S/C20H32N6O2/c1-3-21-20(26-9-7-17(15-26)25-10-12-28-13-11-25)22-8-6-19(27)24-18-5-4-16(2)14-23-18/h4-5,14,17H,3,6-13,15H2,1-2H3,(H,21,22)(H,23,24,27). The lowest BCUT2D eigenvalue weighted by Crippen LogP contribution is -2.46. The summed E-state index contributed by atoms with van der Waals surface area (Å²) in [6.45, 7) is 11.0. The summed E-state index contributed by atoms with van der Waals surface area (Å²) >= 11 is 0. The van der Waals surface area contributed by atoms with Gasteiger partial charge in [-0.05, 0) is 31.9 Å². The molecule has 2 fully saturated rings. The number of carbonyl (C=O) groups is 1. The minimum Gasteiger partial charge on any atom is -0.379 e. The van der Waals surface area contributed by atoms with E-state index in [0.29, 0.717) is 24.8 Å². The van der Waals surface area contributed by atoms with E-state index in [9.17, 15) is 4.79 Å². The minimum atomic E-state index is -0.0661. The second kappa shape index (κ2) is 10.4. The van der Waals surface area contributed by atoms with E-state index in [2.05, 4.69) is 37.3 Å². The first kappa shape index (κ1) is 20.5. The molecule has 3 heterocycles. The number of guanidine groups is 1. The van der Waals surface area contributed by atoms with Gasteiger partial charge in [-0.3, -0.25) is 14.7 Å². The molecule has 0 aromatic carbocycles. The van der Waals surface area contributed by atoms with Crippen molar-refractivity contribution in [3.8, 4) is 0 Å². The van der Waals surface area contributed by atoms with Crippen LogP contribution in [0.2, 0.25) is 0 Å². The normalized spacial score (nSPS) is 21.0. The quantitative estimate of drug-likeness (QED) is 0.561. The van der Waals surface area contributed by atoms with Crippen molar-refractivity contribution in [2.45, 2.75) is 32.7 Å². The SMILES string of the molecule is CCNC(=NCCC(=O)Nc1ccc(C)cn1)N1CCC(N2CCOCC2)C1. The Morgan fingerprint density at radius 3 is 2.86 bits per heavy atom. The fraction of sp³-hybridized carbons (Fsp3) is 0.650. The lowest BCUT2D eigenvalue weighted by atomic mass is 10.2. The molecule has 154 valence electrons. The molecular weight excluding hydrogens is 356 g/mol. The van der Waals surface area contributed by atoms with E-state index in [0.717, 1.165) is 63.9 Å². The first-order valence-corrected chi connectivity index (χ1v) is 10.2. The molecule has 0 bridgehead atoms. The Balaban J connectivity index is 1.48. The van der Waals surface area contributed by atoms with Crippen LogP contribution in [-0.4, -0.2) is 85.2 Å². The van der Waals surface area contributed by atoms with E-state index in [1.807, 2.05) is 19.1 Å². The number of amides is 1. The molecule has 1 atom stereocenters. The molecule has 3 rings (SSSR count). The molecule has 0 aliphatic carbocycles. The van der Waals surface area contributed by atoms with Crippen LogP contribution in [-0.2, 0) is 9.53 Å². The number of aromatic nitrogens is 1. The fourth-order valence-corrected chi connectivity index (χ4v) is 3.61. The van der Waals surface area contributed by atoms with Gasteiger partial charge in [0, 0.05) is 51.4 Å². The first-order chi connectivity index (χ1) is 13.7. The van der Waals surface area contributed by atoms with Crippen LogP contribution in [0.1, 0.15) is 25.3 Å². The van der Waals surface area contributed by atoms with E-state index in [-0.39, 0.29) is 5.91 Å². The number of hydrogen-bond donors (Lipinski definition) is 2. The molecule has 8 nitrogen and oxygen atoms in total. The number of aliphatic imine (C=N–C) groups is 1. The number of likely N-dealkylation sites (tertiary alicyclic amines) is 1. The van der Waals surface area contributed by atoms with Gasteiger partial charge in [0.1, 0.15) is 5.82 Å². The van der Waals surface area contributed by atoms with Crippen molar-refractivity contribution in [2.24, 2.45) is 4.99 Å². The molecule has 1 aromatic heterocycles. The number of nitrogens with zero attached hydrogens (tertiary/aromatic N) is 4. The summed E-state index contributed by atoms with van der Waals surface area (Å²) in [4.78, 5) is 25.9. The van der Waals surface area contributed by atoms with Crippen LogP contribution < -0.4 is 10.6 Å². The predicted molar refractivity (Wildman–Crippen MR) is 111 cm³/mol. The Hall–Kier alpha value is -2.19. The van der Waals surface area contributed by atoms with Gasteiger partial charge in [-0.2, -0.15) is 0 Å². The van der Waals surface area contributed by atoms with E-state index in [1.165, 1.54) is 0 Å². The van der Waals surface area contributed by atoms with Crippen LogP contribution in [0.25, 0.3) is 0 Å². The maximum absolute atomic E-state index is 12.1. The number of aryl methyl sites for hydroxylation is 1. The molecule has 2 N–H and O–H groups in total. The van der Waals surface area contributed by atoms with Gasteiger partial charge >= 0.3 is 0 Å². The number of pyridine rings is 1. The second-order valence-corrected chi connectivity index (χ2v) is 7.29. The number of carbonyl (C=O) groups excluding carboxylic acids is 1. The molecule has 0 spiro atoms. The number of nitrogens with one attached hydrogen (secondary N) is 2. The van der Waals surface area contributed by atoms with Crippen LogP contribution in [0.5, 0.6) is 0 Å². The van der Waals surface area contributed by atoms with Crippen molar-refractivity contribution in [1.82, 2.24) is 20.1 Å². The third kappa shape index (κ3) is 5.90. The van der Waals surface area contributed by atoms with Gasteiger partial charge in [0.05, 0.1) is 19.8 Å². The van der Waals surface area contributed by atoms with Crippen LogP contribution in [0.3, 0.4) is 0 Å². The zero-order valence-corrected chi connectivity index (χ0v) is 17.0. The maximum Gasteiger partial charge on any atom is 0.227 e. The Morgan fingerprint density at radius 2 is 2.14 bits per heavy atom. The second-order valence-electron chi connectivity index (χ2n) is 7.29. The molecule has 0 saturated carbocycles. The molecule has 28 heavy (non-hydrogen) atoms. The third-order valence-electron chi connectivity index (χ3n) is 5.14. The van der Waals surface area contributed by atoms with Crippen LogP contribution in [0, 0.1) is 6.92 Å². The summed E-state index contributed by atoms with van der Waals surface area (Å²) in [6.07, 6.45) is 3.23. The molecule has 0 radical (unpaired) electrons. The topological polar surface area (TPSA) is 82.1 Å². The highest BCUT2D eigenvalue weighted by molar-refractivity contribution is 5.90. The minimum absolute atomic E-state index is 0.0661. The summed E-state index contributed by atoms with van der Waals surface area (Å²) in [7, 11) is 0. The van der Waals surface area contributed by atoms with Crippen LogP contribution in [0.15, 0.2) is 23.3 Å². The van der Waals surface area contributed by atoms with Crippen LogP contribution in [0.4, 0.5) is 5.82 Å². The number of rotatable bonds is 6. The predicted octanol–water partition coefficient (Wildman–Crippen LogP) is 1.09. The molecule has 2 saturated heterocycles. The Bertz CT molecular complexity index is 657. The fourth-order valence-electron chi connectivity index (χ4n) is 3.61. The van der Waals surface area contributed by atoms with Gasteiger partial charge in [0.25, 0.3) is 0 Å². The van der Waals surface area contributed by atoms with Crippen molar-refractivity contribution in [1.29, 1.82) is 0 Å². The summed E-state index contributed by atoms with van der Waals surface area (Å²) in [5, 5.41) is 6.19. The van der Waals surface area contributed by atoms with Gasteiger partial charge in [-0.25, -0.2) is 4.98 Å². The average molecular weight is 389 g/mol. The Labute approximate surface area is 167 Å². The average Bonchev–Trinajstić information content (AvgIpc) is 3.20. The third-order valence-corrected chi connectivity index (χ3v) is 5.14. The molecule has 1 unspecified atom stereocenters. The van der Waals surface area contributed by atoms with Gasteiger partial charge in [0.2, 0.25) is 5.91 Å². The summed E-state index contributed by atoms with van der Waals surface area (Å²) in [6, 6.07) is 4.31. The number of anilines is 1. The van der Waals surface area contributed by atoms with Crippen molar-refractivity contribution in [2.75, 3.05) is 57.8 Å². The monoisotopic (exact) mass is 388 g/mol. The lowest BCUT2D eigenvalue weighted by Gasteiger charge is -2.32. The summed E-state index contributed by atoms with van der Waals surface area (Å²) < 4.78 is 5.46. The molecule has 2 aliphatic rings. The zero-order valence-electron chi connectivity index (χ0n) is 17.0. The molecular formula is C20H32N6O2. The lowest BCUT2D eigenvalue weighted by molar-refractivity contribution is -0.116. The van der Waals surface area contributed by atoms with Gasteiger partial charge in [0.15, 0.2) is 5.96 Å². The van der Waals surface area contributed by atoms with E-state index in [1.54, 1.807) is 6.20 Å². The van der Waals surface area contributed by atoms with E-state index < -0.39 is 0 Å². The summed E-state index contributed by atoms with van der Waals surface area (Å²) in [5.74, 6) is 1.42. The highest BCUT2D eigenvalue weighted by atomic mass is 16.5.